The van der Waals surface area contributed by atoms with Gasteiger partial charge < -0.3 is 19.5 Å². The number of halogens is 1. The number of Topliss-reactive ketones (excluding diaryl/α,β-unsaturated/α-hetero) is 1. The molecule has 1 atom stereocenters. The van der Waals surface area contributed by atoms with Crippen molar-refractivity contribution in [3.05, 3.63) is 63.6 Å². The number of aliphatic hydroxyl groups is 1. The molecule has 30 heavy (non-hydrogen) atoms. The molecule has 0 saturated carbocycles. The van der Waals surface area contributed by atoms with Crippen molar-refractivity contribution in [2.75, 3.05) is 20.8 Å². The molecule has 158 valence electrons. The van der Waals surface area contributed by atoms with Crippen molar-refractivity contribution in [2.45, 2.75) is 25.8 Å². The van der Waals surface area contributed by atoms with E-state index in [1.54, 1.807) is 31.4 Å². The van der Waals surface area contributed by atoms with Gasteiger partial charge >= 0.3 is 0 Å². The number of aliphatic hydroxyl groups excluding tert-OH is 1. The number of unbranched alkanes of at least 4 members (excludes halogenated alkanes) is 1. The number of carbonyl (C=O) groups is 2. The number of carbonyl (C=O) groups excluding carboxylic acids is 2. The first-order chi connectivity index (χ1) is 14.4. The van der Waals surface area contributed by atoms with Gasteiger partial charge in [-0.15, -0.1) is 0 Å². The fraction of sp³-hybridized carbons (Fsp3) is 0.304. The lowest BCUT2D eigenvalue weighted by Crippen LogP contribution is -2.30. The van der Waals surface area contributed by atoms with Gasteiger partial charge in [0.25, 0.3) is 11.7 Å². The Bertz CT molecular complexity index is 1000. The summed E-state index contributed by atoms with van der Waals surface area (Å²) in [5.41, 5.74) is 1.12. The van der Waals surface area contributed by atoms with Crippen LogP contribution in [0.2, 0.25) is 0 Å². The summed E-state index contributed by atoms with van der Waals surface area (Å²) in [6.45, 7) is 2.43. The first kappa shape index (κ1) is 21.9. The number of benzene rings is 2. The minimum atomic E-state index is -0.728. The maximum absolute atomic E-state index is 13.0. The van der Waals surface area contributed by atoms with Crippen LogP contribution in [-0.4, -0.2) is 42.5 Å². The highest BCUT2D eigenvalue weighted by Crippen LogP contribution is 2.43. The first-order valence-electron chi connectivity index (χ1n) is 9.69. The van der Waals surface area contributed by atoms with Crippen LogP contribution in [0.25, 0.3) is 5.76 Å². The minimum Gasteiger partial charge on any atom is -0.507 e. The standard InChI is InChI=1S/C23H24BrNO5/c1-4-5-12-25-20(15-8-6-7-9-17(15)29-2)19(22(27)23(25)28)21(26)14-10-11-18(30-3)16(24)13-14/h6-11,13,20,26H,4-5,12H2,1-3H3/b21-19+. The number of hydrogen-bond acceptors (Lipinski definition) is 5. The van der Waals surface area contributed by atoms with Crippen molar-refractivity contribution in [2.24, 2.45) is 0 Å². The summed E-state index contributed by atoms with van der Waals surface area (Å²) >= 11 is 3.40. The Kier molecular flexibility index (Phi) is 6.82. The molecule has 1 aliphatic heterocycles. The molecule has 1 amide bonds. The van der Waals surface area contributed by atoms with Crippen LogP contribution in [0.5, 0.6) is 11.5 Å². The highest BCUT2D eigenvalue weighted by atomic mass is 79.9. The molecule has 3 rings (SSSR count). The predicted octanol–water partition coefficient (Wildman–Crippen LogP) is 4.69. The summed E-state index contributed by atoms with van der Waals surface area (Å²) in [4.78, 5) is 27.4. The molecular formula is C23H24BrNO5. The van der Waals surface area contributed by atoms with Crippen LogP contribution in [-0.2, 0) is 9.59 Å². The zero-order valence-electron chi connectivity index (χ0n) is 17.1. The van der Waals surface area contributed by atoms with Crippen molar-refractivity contribution >= 4 is 33.4 Å². The van der Waals surface area contributed by atoms with Gasteiger partial charge in [-0.2, -0.15) is 0 Å². The van der Waals surface area contributed by atoms with E-state index in [9.17, 15) is 14.7 Å². The van der Waals surface area contributed by atoms with E-state index in [0.29, 0.717) is 33.6 Å². The average molecular weight is 474 g/mol. The Morgan fingerprint density at radius 3 is 2.43 bits per heavy atom. The monoisotopic (exact) mass is 473 g/mol. The molecule has 7 heteroatoms. The van der Waals surface area contributed by atoms with E-state index in [0.717, 1.165) is 12.8 Å². The molecule has 2 aromatic carbocycles. The SMILES string of the molecule is CCCCN1C(=O)C(=O)/C(=C(/O)c2ccc(OC)c(Br)c2)C1c1ccccc1OC. The Labute approximate surface area is 184 Å². The van der Waals surface area contributed by atoms with Crippen molar-refractivity contribution in [3.8, 4) is 11.5 Å². The minimum absolute atomic E-state index is 0.0534. The third kappa shape index (κ3) is 3.94. The first-order valence-corrected chi connectivity index (χ1v) is 10.5. The highest BCUT2D eigenvalue weighted by molar-refractivity contribution is 9.10. The summed E-state index contributed by atoms with van der Waals surface area (Å²) in [6.07, 6.45) is 1.61. The van der Waals surface area contributed by atoms with Crippen molar-refractivity contribution in [3.63, 3.8) is 0 Å². The van der Waals surface area contributed by atoms with Crippen LogP contribution >= 0.6 is 15.9 Å². The van der Waals surface area contributed by atoms with Gasteiger partial charge in [0.15, 0.2) is 0 Å². The number of ketones is 1. The molecule has 1 unspecified atom stereocenters. The zero-order chi connectivity index (χ0) is 21.8. The van der Waals surface area contributed by atoms with Crippen LogP contribution in [0, 0.1) is 0 Å². The lowest BCUT2D eigenvalue weighted by molar-refractivity contribution is -0.139. The Hall–Kier alpha value is -2.80. The summed E-state index contributed by atoms with van der Waals surface area (Å²) in [5.74, 6) is -0.407. The van der Waals surface area contributed by atoms with Gasteiger partial charge in [0.05, 0.1) is 30.3 Å². The molecule has 0 aliphatic carbocycles. The zero-order valence-corrected chi connectivity index (χ0v) is 18.7. The fourth-order valence-electron chi connectivity index (χ4n) is 3.62. The molecule has 1 heterocycles. The molecule has 0 bridgehead atoms. The van der Waals surface area contributed by atoms with Crippen LogP contribution in [0.1, 0.15) is 36.9 Å². The largest absolute Gasteiger partial charge is 0.507 e. The quantitative estimate of drug-likeness (QED) is 0.358. The third-order valence-electron chi connectivity index (χ3n) is 5.15. The van der Waals surface area contributed by atoms with Crippen molar-refractivity contribution < 1.29 is 24.2 Å². The van der Waals surface area contributed by atoms with Gasteiger partial charge in [0.2, 0.25) is 0 Å². The summed E-state index contributed by atoms with van der Waals surface area (Å²) in [6, 6.07) is 11.5. The number of amides is 1. The Morgan fingerprint density at radius 1 is 1.10 bits per heavy atom. The molecule has 2 aromatic rings. The number of likely N-dealkylation sites (tertiary alicyclic amines) is 1. The molecule has 0 radical (unpaired) electrons. The maximum Gasteiger partial charge on any atom is 0.295 e. The number of ether oxygens (including phenoxy) is 2. The van der Waals surface area contributed by atoms with Crippen molar-refractivity contribution in [1.29, 1.82) is 0 Å². The van der Waals surface area contributed by atoms with Crippen LogP contribution < -0.4 is 9.47 Å². The molecule has 0 aromatic heterocycles. The molecule has 1 N–H and O–H groups in total. The number of hydrogen-bond donors (Lipinski definition) is 1. The van der Waals surface area contributed by atoms with Gasteiger partial charge in [-0.25, -0.2) is 0 Å². The summed E-state index contributed by atoms with van der Waals surface area (Å²) in [7, 11) is 3.08. The number of nitrogens with zero attached hydrogens (tertiary/aromatic N) is 1. The van der Waals surface area contributed by atoms with Crippen molar-refractivity contribution in [1.82, 2.24) is 4.90 Å². The van der Waals surface area contributed by atoms with E-state index in [1.165, 1.54) is 12.0 Å². The number of para-hydroxylation sites is 1. The summed E-state index contributed by atoms with van der Waals surface area (Å²) in [5, 5.41) is 11.1. The lowest BCUT2D eigenvalue weighted by Gasteiger charge is -2.26. The van der Waals surface area contributed by atoms with E-state index < -0.39 is 17.7 Å². The smallest absolute Gasteiger partial charge is 0.295 e. The van der Waals surface area contributed by atoms with Gasteiger partial charge in [-0.3, -0.25) is 9.59 Å². The van der Waals surface area contributed by atoms with Crippen LogP contribution in [0.4, 0.5) is 0 Å². The molecule has 6 nitrogen and oxygen atoms in total. The number of rotatable bonds is 7. The second-order valence-electron chi connectivity index (χ2n) is 6.94. The average Bonchev–Trinajstić information content (AvgIpc) is 3.01. The topological polar surface area (TPSA) is 76.1 Å². The molecule has 1 saturated heterocycles. The van der Waals surface area contributed by atoms with E-state index in [2.05, 4.69) is 15.9 Å². The second kappa shape index (κ2) is 9.34. The molecular weight excluding hydrogens is 450 g/mol. The van der Waals surface area contributed by atoms with Crippen LogP contribution in [0.3, 0.4) is 0 Å². The lowest BCUT2D eigenvalue weighted by atomic mass is 9.94. The van der Waals surface area contributed by atoms with Crippen LogP contribution in [0.15, 0.2) is 52.5 Å². The molecule has 1 aliphatic rings. The normalized spacial score (nSPS) is 18.0. The highest BCUT2D eigenvalue weighted by Gasteiger charge is 2.46. The predicted molar refractivity (Wildman–Crippen MR) is 118 cm³/mol. The summed E-state index contributed by atoms with van der Waals surface area (Å²) < 4.78 is 11.3. The van der Waals surface area contributed by atoms with E-state index in [4.69, 9.17) is 9.47 Å². The van der Waals surface area contributed by atoms with Gasteiger partial charge in [-0.05, 0) is 46.6 Å². The fourth-order valence-corrected chi connectivity index (χ4v) is 4.16. The van der Waals surface area contributed by atoms with E-state index in [1.807, 2.05) is 25.1 Å². The Balaban J connectivity index is 2.21. The third-order valence-corrected chi connectivity index (χ3v) is 5.77. The molecule has 1 fully saturated rings. The second-order valence-corrected chi connectivity index (χ2v) is 7.79. The van der Waals surface area contributed by atoms with Gasteiger partial charge in [0, 0.05) is 17.7 Å². The van der Waals surface area contributed by atoms with E-state index in [-0.39, 0.29) is 11.3 Å². The van der Waals surface area contributed by atoms with Gasteiger partial charge in [0.1, 0.15) is 17.3 Å². The van der Waals surface area contributed by atoms with E-state index >= 15 is 0 Å². The number of methoxy groups -OCH3 is 2. The Morgan fingerprint density at radius 2 is 1.80 bits per heavy atom. The molecule has 0 spiro atoms. The maximum atomic E-state index is 13.0. The van der Waals surface area contributed by atoms with Gasteiger partial charge in [-0.1, -0.05) is 31.5 Å².